The third kappa shape index (κ3) is 3.26. The van der Waals surface area contributed by atoms with Crippen molar-refractivity contribution in [2.75, 3.05) is 7.05 Å². The first-order valence-corrected chi connectivity index (χ1v) is 6.56. The van der Waals surface area contributed by atoms with E-state index in [1.165, 1.54) is 16.7 Å². The number of carbonyl (C=O) groups is 1. The molecule has 0 saturated carbocycles. The second-order valence-corrected chi connectivity index (χ2v) is 6.10. The van der Waals surface area contributed by atoms with E-state index in [4.69, 9.17) is 4.74 Å². The number of hydrogen-bond donors (Lipinski definition) is 0. The van der Waals surface area contributed by atoms with E-state index >= 15 is 0 Å². The highest BCUT2D eigenvalue weighted by molar-refractivity contribution is 5.67. The van der Waals surface area contributed by atoms with Gasteiger partial charge in [0.05, 0.1) is 0 Å². The molecule has 1 aromatic rings. The topological polar surface area (TPSA) is 32.8 Å². The van der Waals surface area contributed by atoms with Crippen molar-refractivity contribution in [3.05, 3.63) is 34.9 Å². The van der Waals surface area contributed by atoms with Crippen LogP contribution in [0.1, 0.15) is 37.5 Å². The Labute approximate surface area is 114 Å². The predicted octanol–water partition coefficient (Wildman–Crippen LogP) is 3.09. The van der Waals surface area contributed by atoms with Crippen LogP contribution in [0.5, 0.6) is 0 Å². The molecule has 1 aromatic carbocycles. The van der Waals surface area contributed by atoms with E-state index < -0.39 is 5.60 Å². The molecule has 0 N–H and O–H groups in total. The van der Waals surface area contributed by atoms with Crippen molar-refractivity contribution in [3.63, 3.8) is 0 Å². The molecule has 0 aliphatic carbocycles. The highest BCUT2D eigenvalue weighted by Crippen LogP contribution is 2.25. The van der Waals surface area contributed by atoms with Crippen LogP contribution in [0.2, 0.25) is 0 Å². The second kappa shape index (κ2) is 4.85. The van der Waals surface area contributed by atoms with Crippen LogP contribution in [0.3, 0.4) is 0 Å². The summed E-state index contributed by atoms with van der Waals surface area (Å²) in [5.74, 6) is 0. The molecule has 4 nitrogen and oxygen atoms in total. The van der Waals surface area contributed by atoms with Gasteiger partial charge in [0.1, 0.15) is 5.60 Å². The van der Waals surface area contributed by atoms with Gasteiger partial charge >= 0.3 is 6.09 Å². The van der Waals surface area contributed by atoms with Crippen molar-refractivity contribution in [1.29, 1.82) is 0 Å². The largest absolute Gasteiger partial charge is 0.443 e. The predicted molar refractivity (Wildman–Crippen MR) is 74.4 cm³/mol. The minimum atomic E-state index is -0.464. The van der Waals surface area contributed by atoms with Crippen LogP contribution >= 0.6 is 0 Å². The summed E-state index contributed by atoms with van der Waals surface area (Å²) in [5, 5.41) is 3.57. The minimum Gasteiger partial charge on any atom is -0.443 e. The Morgan fingerprint density at radius 2 is 1.89 bits per heavy atom. The molecular weight excluding hydrogens is 240 g/mol. The molecule has 0 aromatic heterocycles. The second-order valence-electron chi connectivity index (χ2n) is 6.10. The maximum absolute atomic E-state index is 12.0. The quantitative estimate of drug-likeness (QED) is 0.779. The number of ether oxygens (including phenoxy) is 1. The van der Waals surface area contributed by atoms with E-state index in [0.717, 1.165) is 13.1 Å². The van der Waals surface area contributed by atoms with Crippen LogP contribution in [0.25, 0.3) is 0 Å². The Morgan fingerprint density at radius 1 is 1.26 bits per heavy atom. The summed E-state index contributed by atoms with van der Waals surface area (Å²) >= 11 is 0. The van der Waals surface area contributed by atoms with Gasteiger partial charge < -0.3 is 4.74 Å². The molecule has 1 aliphatic rings. The fraction of sp³-hybridized carbons (Fsp3) is 0.533. The minimum absolute atomic E-state index is 0.308. The summed E-state index contributed by atoms with van der Waals surface area (Å²) < 4.78 is 5.38. The van der Waals surface area contributed by atoms with E-state index in [2.05, 4.69) is 25.1 Å². The van der Waals surface area contributed by atoms with E-state index in [1.807, 2.05) is 25.8 Å². The van der Waals surface area contributed by atoms with Crippen molar-refractivity contribution in [3.8, 4) is 0 Å². The highest BCUT2D eigenvalue weighted by Gasteiger charge is 2.28. The van der Waals surface area contributed by atoms with Gasteiger partial charge in [0, 0.05) is 20.1 Å². The molecule has 0 radical (unpaired) electrons. The molecular formula is C15H22N2O2. The summed E-state index contributed by atoms with van der Waals surface area (Å²) in [5.41, 5.74) is 3.35. The summed E-state index contributed by atoms with van der Waals surface area (Å²) in [7, 11) is 1.76. The summed E-state index contributed by atoms with van der Waals surface area (Å²) in [6.07, 6.45) is -0.308. The zero-order valence-electron chi connectivity index (χ0n) is 12.4. The molecule has 0 fully saturated rings. The Bertz CT molecular complexity index is 491. The zero-order chi connectivity index (χ0) is 14.2. The number of nitrogens with zero attached hydrogens (tertiary/aromatic N) is 2. The Morgan fingerprint density at radius 3 is 2.53 bits per heavy atom. The SMILES string of the molecule is Cc1ccc2c(c1)CN(N(C)C(=O)OC(C)(C)C)C2. The van der Waals surface area contributed by atoms with Crippen LogP contribution in [0.4, 0.5) is 4.79 Å². The number of hydrazine groups is 1. The molecule has 0 saturated heterocycles. The first-order valence-electron chi connectivity index (χ1n) is 6.56. The number of rotatable bonds is 1. The third-order valence-corrected chi connectivity index (χ3v) is 3.15. The molecule has 0 atom stereocenters. The Hall–Kier alpha value is -1.55. The molecule has 19 heavy (non-hydrogen) atoms. The third-order valence-electron chi connectivity index (χ3n) is 3.15. The lowest BCUT2D eigenvalue weighted by molar-refractivity contribution is -0.0403. The first-order chi connectivity index (χ1) is 8.76. The van der Waals surface area contributed by atoms with Crippen molar-refractivity contribution >= 4 is 6.09 Å². The van der Waals surface area contributed by atoms with Gasteiger partial charge in [-0.25, -0.2) is 14.8 Å². The van der Waals surface area contributed by atoms with Crippen molar-refractivity contribution in [2.45, 2.75) is 46.4 Å². The number of hydrogen-bond acceptors (Lipinski definition) is 3. The Kier molecular flexibility index (Phi) is 3.54. The van der Waals surface area contributed by atoms with Gasteiger partial charge in [-0.05, 0) is 38.8 Å². The number of benzene rings is 1. The van der Waals surface area contributed by atoms with Gasteiger partial charge in [0.25, 0.3) is 0 Å². The number of carbonyl (C=O) groups excluding carboxylic acids is 1. The molecule has 0 spiro atoms. The molecule has 4 heteroatoms. The molecule has 1 heterocycles. The van der Waals surface area contributed by atoms with Crippen LogP contribution in [0, 0.1) is 6.92 Å². The van der Waals surface area contributed by atoms with Gasteiger partial charge in [-0.3, -0.25) is 0 Å². The molecule has 1 amide bonds. The van der Waals surface area contributed by atoms with Crippen molar-refractivity contribution in [2.24, 2.45) is 0 Å². The lowest BCUT2D eigenvalue weighted by Gasteiger charge is -2.30. The normalized spacial score (nSPS) is 15.2. The van der Waals surface area contributed by atoms with Gasteiger partial charge in [0.15, 0.2) is 0 Å². The zero-order valence-corrected chi connectivity index (χ0v) is 12.4. The van der Waals surface area contributed by atoms with Crippen LogP contribution in [0.15, 0.2) is 18.2 Å². The van der Waals surface area contributed by atoms with Gasteiger partial charge in [-0.15, -0.1) is 0 Å². The van der Waals surface area contributed by atoms with Gasteiger partial charge in [-0.2, -0.15) is 0 Å². The first kappa shape index (κ1) is 13.9. The standard InChI is InChI=1S/C15H22N2O2/c1-11-6-7-12-9-17(10-13(12)8-11)16(5)14(18)19-15(2,3)4/h6-8H,9-10H2,1-5H3. The molecule has 0 unspecified atom stereocenters. The molecule has 0 bridgehead atoms. The lowest BCUT2D eigenvalue weighted by atomic mass is 10.1. The maximum atomic E-state index is 12.0. The maximum Gasteiger partial charge on any atom is 0.424 e. The average molecular weight is 262 g/mol. The summed E-state index contributed by atoms with van der Waals surface area (Å²) in [4.78, 5) is 12.0. The van der Waals surface area contributed by atoms with Gasteiger partial charge in [0.2, 0.25) is 0 Å². The fourth-order valence-electron chi connectivity index (χ4n) is 2.16. The molecule has 1 aliphatic heterocycles. The van der Waals surface area contributed by atoms with Crippen LogP contribution in [-0.4, -0.2) is 28.8 Å². The van der Waals surface area contributed by atoms with E-state index in [-0.39, 0.29) is 6.09 Å². The van der Waals surface area contributed by atoms with Gasteiger partial charge in [-0.1, -0.05) is 23.8 Å². The van der Waals surface area contributed by atoms with E-state index in [9.17, 15) is 4.79 Å². The van der Waals surface area contributed by atoms with E-state index in [1.54, 1.807) is 12.1 Å². The number of fused-ring (bicyclic) bond motifs is 1. The Balaban J connectivity index is 2.04. The van der Waals surface area contributed by atoms with Crippen molar-refractivity contribution in [1.82, 2.24) is 10.0 Å². The molecule has 2 rings (SSSR count). The summed E-state index contributed by atoms with van der Waals surface area (Å²) in [6, 6.07) is 6.42. The fourth-order valence-corrected chi connectivity index (χ4v) is 2.16. The highest BCUT2D eigenvalue weighted by atomic mass is 16.6. The molecule has 104 valence electrons. The van der Waals surface area contributed by atoms with Crippen molar-refractivity contribution < 1.29 is 9.53 Å². The smallest absolute Gasteiger partial charge is 0.424 e. The lowest BCUT2D eigenvalue weighted by Crippen LogP contribution is -2.43. The number of amides is 1. The van der Waals surface area contributed by atoms with E-state index in [0.29, 0.717) is 0 Å². The van der Waals surface area contributed by atoms with Crippen LogP contribution < -0.4 is 0 Å². The average Bonchev–Trinajstić information content (AvgIpc) is 2.68. The monoisotopic (exact) mass is 262 g/mol. The number of aryl methyl sites for hydroxylation is 1. The van der Waals surface area contributed by atoms with Crippen LogP contribution in [-0.2, 0) is 17.8 Å². The summed E-state index contributed by atoms with van der Waals surface area (Å²) in [6.45, 7) is 9.22.